The van der Waals surface area contributed by atoms with Crippen molar-refractivity contribution in [2.24, 2.45) is 0 Å². The first-order chi connectivity index (χ1) is 11.5. The molecule has 0 aliphatic rings. The van der Waals surface area contributed by atoms with Crippen LogP contribution in [-0.2, 0) is 0 Å². The summed E-state index contributed by atoms with van der Waals surface area (Å²) >= 11 is 0. The van der Waals surface area contributed by atoms with Crippen LogP contribution in [0.15, 0.2) is 36.4 Å². The molecular formula is C19H20O5. The van der Waals surface area contributed by atoms with Gasteiger partial charge >= 0.3 is 0 Å². The lowest BCUT2D eigenvalue weighted by Crippen LogP contribution is -2.02. The van der Waals surface area contributed by atoms with Crippen LogP contribution in [-0.4, -0.2) is 32.2 Å². The number of carbonyl (C=O) groups excluding carboxylic acids is 1. The van der Waals surface area contributed by atoms with Crippen molar-refractivity contribution in [2.75, 3.05) is 21.3 Å². The third-order valence-corrected chi connectivity index (χ3v) is 3.57. The van der Waals surface area contributed by atoms with Crippen LogP contribution < -0.4 is 14.2 Å². The van der Waals surface area contributed by atoms with Gasteiger partial charge < -0.3 is 19.3 Å². The van der Waals surface area contributed by atoms with Gasteiger partial charge in [-0.2, -0.15) is 0 Å². The molecule has 0 aliphatic carbocycles. The van der Waals surface area contributed by atoms with Gasteiger partial charge in [-0.1, -0.05) is 11.6 Å². The number of benzene rings is 2. The number of allylic oxidation sites excluding steroid dienone is 1. The van der Waals surface area contributed by atoms with Crippen LogP contribution in [0, 0.1) is 6.92 Å². The Morgan fingerprint density at radius 1 is 1.00 bits per heavy atom. The van der Waals surface area contributed by atoms with E-state index >= 15 is 0 Å². The van der Waals surface area contributed by atoms with Gasteiger partial charge in [0.25, 0.3) is 0 Å². The van der Waals surface area contributed by atoms with Gasteiger partial charge in [0.15, 0.2) is 17.3 Å². The Bertz CT molecular complexity index is 778. The van der Waals surface area contributed by atoms with Crippen molar-refractivity contribution >= 4 is 11.9 Å². The lowest BCUT2D eigenvalue weighted by Gasteiger charge is -2.14. The zero-order valence-corrected chi connectivity index (χ0v) is 14.1. The number of aromatic hydroxyl groups is 1. The summed E-state index contributed by atoms with van der Waals surface area (Å²) in [5.74, 6) is 0.987. The van der Waals surface area contributed by atoms with Crippen LogP contribution in [0.1, 0.15) is 21.5 Å². The van der Waals surface area contributed by atoms with Gasteiger partial charge in [-0.3, -0.25) is 4.79 Å². The highest BCUT2D eigenvalue weighted by Gasteiger charge is 2.19. The van der Waals surface area contributed by atoms with Crippen molar-refractivity contribution in [1.29, 1.82) is 0 Å². The third-order valence-electron chi connectivity index (χ3n) is 3.57. The molecular weight excluding hydrogens is 308 g/mol. The maximum atomic E-state index is 12.5. The molecule has 1 N–H and O–H groups in total. The standard InChI is InChI=1S/C19H20O5/c1-12-5-8-15(20)13(11-12)6-9-16(21)14-7-10-17(22-2)19(24-4)18(14)23-3/h5-11,20H,1-4H3/b9-6+. The molecule has 24 heavy (non-hydrogen) atoms. The van der Waals surface area contributed by atoms with E-state index in [0.717, 1.165) is 5.56 Å². The number of hydrogen-bond donors (Lipinski definition) is 1. The van der Waals surface area contributed by atoms with E-state index in [4.69, 9.17) is 14.2 Å². The van der Waals surface area contributed by atoms with Crippen molar-refractivity contribution < 1.29 is 24.1 Å². The number of hydrogen-bond acceptors (Lipinski definition) is 5. The van der Waals surface area contributed by atoms with Gasteiger partial charge in [-0.25, -0.2) is 0 Å². The van der Waals surface area contributed by atoms with Crippen LogP contribution in [0.4, 0.5) is 0 Å². The predicted octanol–water partition coefficient (Wildman–Crippen LogP) is 3.62. The van der Waals surface area contributed by atoms with Crippen molar-refractivity contribution in [1.82, 2.24) is 0 Å². The van der Waals surface area contributed by atoms with E-state index in [-0.39, 0.29) is 11.5 Å². The molecule has 5 nitrogen and oxygen atoms in total. The summed E-state index contributed by atoms with van der Waals surface area (Å²) in [7, 11) is 4.46. The normalized spacial score (nSPS) is 10.7. The summed E-state index contributed by atoms with van der Waals surface area (Å²) < 4.78 is 15.8. The second-order valence-electron chi connectivity index (χ2n) is 5.14. The van der Waals surface area contributed by atoms with Crippen molar-refractivity contribution in [3.05, 3.63) is 53.1 Å². The Hall–Kier alpha value is -2.95. The molecule has 2 aromatic carbocycles. The summed E-state index contributed by atoms with van der Waals surface area (Å²) in [5.41, 5.74) is 1.91. The minimum absolute atomic E-state index is 0.115. The zero-order chi connectivity index (χ0) is 17.7. The number of aryl methyl sites for hydroxylation is 1. The highest BCUT2D eigenvalue weighted by atomic mass is 16.5. The number of phenols is 1. The van der Waals surface area contributed by atoms with Crippen LogP contribution in [0.5, 0.6) is 23.0 Å². The summed E-state index contributed by atoms with van der Waals surface area (Å²) in [5, 5.41) is 9.85. The Morgan fingerprint density at radius 2 is 1.71 bits per heavy atom. The molecule has 0 aromatic heterocycles. The van der Waals surface area contributed by atoms with Gasteiger partial charge in [0.05, 0.1) is 26.9 Å². The number of phenolic OH excluding ortho intramolecular Hbond substituents is 1. The first kappa shape index (κ1) is 17.4. The van der Waals surface area contributed by atoms with Gasteiger partial charge in [0.2, 0.25) is 5.75 Å². The summed E-state index contributed by atoms with van der Waals surface area (Å²) in [4.78, 5) is 12.5. The monoisotopic (exact) mass is 328 g/mol. The summed E-state index contributed by atoms with van der Waals surface area (Å²) in [6, 6.07) is 8.45. The minimum atomic E-state index is -0.270. The number of ether oxygens (including phenoxy) is 3. The van der Waals surface area contributed by atoms with Crippen molar-refractivity contribution in [2.45, 2.75) is 6.92 Å². The predicted molar refractivity (Wildman–Crippen MR) is 92.3 cm³/mol. The molecule has 5 heteroatoms. The summed E-state index contributed by atoms with van der Waals surface area (Å²) in [6.07, 6.45) is 2.96. The second-order valence-corrected chi connectivity index (χ2v) is 5.14. The highest BCUT2D eigenvalue weighted by molar-refractivity contribution is 6.09. The fraction of sp³-hybridized carbons (Fsp3) is 0.211. The van der Waals surface area contributed by atoms with Crippen LogP contribution >= 0.6 is 0 Å². The van der Waals surface area contributed by atoms with E-state index in [9.17, 15) is 9.90 Å². The topological polar surface area (TPSA) is 65.0 Å². The van der Waals surface area contributed by atoms with E-state index in [2.05, 4.69) is 0 Å². The van der Waals surface area contributed by atoms with Gasteiger partial charge in [0, 0.05) is 5.56 Å². The first-order valence-electron chi connectivity index (χ1n) is 7.32. The molecule has 0 spiro atoms. The van der Waals surface area contributed by atoms with Crippen molar-refractivity contribution in [3.8, 4) is 23.0 Å². The Labute approximate surface area is 141 Å². The Balaban J connectivity index is 2.39. The largest absolute Gasteiger partial charge is 0.507 e. The molecule has 0 atom stereocenters. The smallest absolute Gasteiger partial charge is 0.204 e. The Kier molecular flexibility index (Phi) is 5.47. The zero-order valence-electron chi connectivity index (χ0n) is 14.1. The second kappa shape index (κ2) is 7.55. The molecule has 0 fully saturated rings. The van der Waals surface area contributed by atoms with E-state index in [1.165, 1.54) is 27.4 Å². The minimum Gasteiger partial charge on any atom is -0.507 e. The first-order valence-corrected chi connectivity index (χ1v) is 7.32. The van der Waals surface area contributed by atoms with E-state index < -0.39 is 0 Å². The van der Waals surface area contributed by atoms with E-state index in [0.29, 0.717) is 28.4 Å². The lowest BCUT2D eigenvalue weighted by atomic mass is 10.1. The Morgan fingerprint density at radius 3 is 2.33 bits per heavy atom. The molecule has 0 saturated heterocycles. The molecule has 0 saturated carbocycles. The molecule has 2 rings (SSSR count). The number of ketones is 1. The number of carbonyl (C=O) groups is 1. The average molecular weight is 328 g/mol. The quantitative estimate of drug-likeness (QED) is 0.648. The van der Waals surface area contributed by atoms with E-state index in [1.54, 1.807) is 36.4 Å². The van der Waals surface area contributed by atoms with Gasteiger partial charge in [-0.15, -0.1) is 0 Å². The maximum Gasteiger partial charge on any atom is 0.204 e. The van der Waals surface area contributed by atoms with E-state index in [1.807, 2.05) is 6.92 Å². The molecule has 0 radical (unpaired) electrons. The lowest BCUT2D eigenvalue weighted by molar-refractivity contribution is 0.104. The van der Waals surface area contributed by atoms with Gasteiger partial charge in [-0.05, 0) is 43.3 Å². The third kappa shape index (κ3) is 3.51. The fourth-order valence-electron chi connectivity index (χ4n) is 2.36. The molecule has 0 amide bonds. The maximum absolute atomic E-state index is 12.5. The SMILES string of the molecule is COc1ccc(C(=O)/C=C/c2cc(C)ccc2O)c(OC)c1OC. The number of rotatable bonds is 6. The average Bonchev–Trinajstić information content (AvgIpc) is 2.60. The highest BCUT2D eigenvalue weighted by Crippen LogP contribution is 2.40. The van der Waals surface area contributed by atoms with Crippen LogP contribution in [0.2, 0.25) is 0 Å². The van der Waals surface area contributed by atoms with Crippen LogP contribution in [0.25, 0.3) is 6.08 Å². The van der Waals surface area contributed by atoms with Crippen LogP contribution in [0.3, 0.4) is 0 Å². The molecule has 0 heterocycles. The number of methoxy groups -OCH3 is 3. The molecule has 126 valence electrons. The molecule has 0 aliphatic heterocycles. The molecule has 0 unspecified atom stereocenters. The van der Waals surface area contributed by atoms with Crippen molar-refractivity contribution in [3.63, 3.8) is 0 Å². The molecule has 2 aromatic rings. The van der Waals surface area contributed by atoms with Gasteiger partial charge in [0.1, 0.15) is 5.75 Å². The molecule has 0 bridgehead atoms. The fourth-order valence-corrected chi connectivity index (χ4v) is 2.36. The summed E-state index contributed by atoms with van der Waals surface area (Å²) in [6.45, 7) is 1.91.